The average Bonchev–Trinajstić information content (AvgIpc) is 2.75. The van der Waals surface area contributed by atoms with Gasteiger partial charge in [0.15, 0.2) is 0 Å². The van der Waals surface area contributed by atoms with Crippen LogP contribution in [-0.4, -0.2) is 24.4 Å². The van der Waals surface area contributed by atoms with Crippen LogP contribution in [0.5, 0.6) is 0 Å². The van der Waals surface area contributed by atoms with Gasteiger partial charge < -0.3 is 16.2 Å². The first kappa shape index (κ1) is 35.1. The molecule has 0 aliphatic carbocycles. The number of carbonyl (C=O) groups excluding carboxylic acids is 2. The first-order valence-electron chi connectivity index (χ1n) is 14.4. The third-order valence-electron chi connectivity index (χ3n) is 8.97. The number of nitrogens with two attached hydrogens (primary N) is 2. The number of allylic oxidation sites excluding steroid dienone is 2. The lowest BCUT2D eigenvalue weighted by Crippen LogP contribution is -2.44. The molecule has 0 bridgehead atoms. The molecule has 0 aliphatic heterocycles. The monoisotopic (exact) mass is 503 g/mol. The third-order valence-corrected chi connectivity index (χ3v) is 8.97. The van der Waals surface area contributed by atoms with Gasteiger partial charge >= 0.3 is 0 Å². The molecule has 0 saturated carbocycles. The summed E-state index contributed by atoms with van der Waals surface area (Å²) in [5, 5.41) is 0. The van der Waals surface area contributed by atoms with Crippen LogP contribution in [0.3, 0.4) is 0 Å². The minimum Gasteiger partial charge on any atom is -0.367 e. The lowest BCUT2D eigenvalue weighted by atomic mass is 9.60. The zero-order valence-electron chi connectivity index (χ0n) is 26.2. The van der Waals surface area contributed by atoms with E-state index in [1.54, 1.807) is 0 Å². The van der Waals surface area contributed by atoms with Gasteiger partial charge in [-0.1, -0.05) is 73.5 Å². The quantitative estimate of drug-likeness (QED) is 0.159. The van der Waals surface area contributed by atoms with Gasteiger partial charge in [0, 0.05) is 22.8 Å². The maximum absolute atomic E-state index is 13.8. The first-order valence-corrected chi connectivity index (χ1v) is 14.4. The van der Waals surface area contributed by atoms with E-state index in [0.29, 0.717) is 11.7 Å². The number of hydrogen-bond acceptors (Lipinski definition) is 4. The maximum atomic E-state index is 13.8. The minimum atomic E-state index is -0.573. The van der Waals surface area contributed by atoms with Crippen molar-refractivity contribution in [3.05, 3.63) is 11.1 Å². The fraction of sp³-hybridized carbons (Fsp3) is 0.871. The summed E-state index contributed by atoms with van der Waals surface area (Å²) in [6.45, 7) is 28.1. The van der Waals surface area contributed by atoms with E-state index >= 15 is 0 Å². The van der Waals surface area contributed by atoms with Crippen LogP contribution in [0.15, 0.2) is 11.1 Å². The second kappa shape index (κ2) is 13.7. The van der Waals surface area contributed by atoms with Gasteiger partial charge in [-0.2, -0.15) is 0 Å². The van der Waals surface area contributed by atoms with Crippen LogP contribution in [-0.2, 0) is 9.59 Å². The van der Waals surface area contributed by atoms with Gasteiger partial charge in [0.05, 0.1) is 0 Å². The molecular weight excluding hydrogens is 443 g/mol. The Hall–Kier alpha value is -0.935. The molecule has 4 N–H and O–H groups in total. The van der Waals surface area contributed by atoms with Crippen molar-refractivity contribution >= 4 is 18.9 Å². The molecule has 3 unspecified atom stereocenters. The Morgan fingerprint density at radius 2 is 1.42 bits per heavy atom. The summed E-state index contributed by atoms with van der Waals surface area (Å²) in [6.07, 6.45) is 5.93. The average molecular weight is 504 g/mol. The molecule has 0 fully saturated rings. The smallest absolute Gasteiger partial charge is 0.293 e. The van der Waals surface area contributed by atoms with E-state index in [4.69, 9.17) is 11.4 Å². The van der Waals surface area contributed by atoms with Gasteiger partial charge in [-0.15, -0.1) is 0 Å². The van der Waals surface area contributed by atoms with Gasteiger partial charge in [0.25, 0.3) is 7.41 Å². The molecule has 1 radical (unpaired) electrons. The topological polar surface area (TPSA) is 86.2 Å². The molecule has 3 atom stereocenters. The van der Waals surface area contributed by atoms with E-state index in [0.717, 1.165) is 44.9 Å². The van der Waals surface area contributed by atoms with E-state index in [1.807, 2.05) is 6.92 Å². The van der Waals surface area contributed by atoms with Crippen LogP contribution >= 0.6 is 0 Å². The Labute approximate surface area is 225 Å². The molecule has 0 heterocycles. The van der Waals surface area contributed by atoms with Crippen LogP contribution in [0, 0.1) is 34.0 Å². The van der Waals surface area contributed by atoms with Crippen molar-refractivity contribution in [1.82, 2.24) is 0 Å². The summed E-state index contributed by atoms with van der Waals surface area (Å²) < 4.78 is 0. The number of carbonyl (C=O) groups is 2. The normalized spacial score (nSPS) is 17.3. The van der Waals surface area contributed by atoms with Crippen LogP contribution in [0.1, 0.15) is 135 Å². The highest BCUT2D eigenvalue weighted by molar-refractivity contribution is 6.72. The van der Waals surface area contributed by atoms with Gasteiger partial charge in [0.1, 0.15) is 11.5 Å². The van der Waals surface area contributed by atoms with E-state index in [1.165, 1.54) is 18.6 Å². The molecule has 0 aromatic carbocycles. The molecule has 4 nitrogen and oxygen atoms in total. The van der Waals surface area contributed by atoms with Crippen LogP contribution in [0.4, 0.5) is 0 Å². The minimum absolute atomic E-state index is 0.00738. The molecule has 0 spiro atoms. The fourth-order valence-electron chi connectivity index (χ4n) is 6.80. The van der Waals surface area contributed by atoms with Crippen LogP contribution in [0.2, 0.25) is 0 Å². The highest BCUT2D eigenvalue weighted by Crippen LogP contribution is 2.46. The van der Waals surface area contributed by atoms with Crippen LogP contribution in [0.25, 0.3) is 0 Å². The second-order valence-electron chi connectivity index (χ2n) is 13.7. The molecule has 0 amide bonds. The lowest BCUT2D eigenvalue weighted by molar-refractivity contribution is -0.132. The lowest BCUT2D eigenvalue weighted by Gasteiger charge is -2.42. The first-order chi connectivity index (χ1) is 16.3. The third kappa shape index (κ3) is 9.12. The molecular formula is C31H60BN2O2. The van der Waals surface area contributed by atoms with Crippen molar-refractivity contribution in [3.8, 4) is 0 Å². The Morgan fingerprint density at radius 3 is 1.78 bits per heavy atom. The van der Waals surface area contributed by atoms with Gasteiger partial charge in [-0.3, -0.25) is 4.79 Å². The van der Waals surface area contributed by atoms with Crippen molar-refractivity contribution in [3.63, 3.8) is 0 Å². The van der Waals surface area contributed by atoms with Crippen molar-refractivity contribution < 1.29 is 9.59 Å². The van der Waals surface area contributed by atoms with Crippen molar-refractivity contribution in [2.45, 2.75) is 140 Å². The van der Waals surface area contributed by atoms with E-state index in [2.05, 4.69) is 83.1 Å². The molecule has 0 aromatic heterocycles. The molecule has 0 aromatic rings. The summed E-state index contributed by atoms with van der Waals surface area (Å²) in [7, 11) is 1.23. The number of rotatable bonds is 17. The zero-order valence-corrected chi connectivity index (χ0v) is 26.2. The van der Waals surface area contributed by atoms with Gasteiger partial charge in [-0.05, 0) is 89.4 Å². The van der Waals surface area contributed by atoms with Crippen molar-refractivity contribution in [2.24, 2.45) is 45.4 Å². The number of ketones is 1. The Morgan fingerprint density at radius 1 is 0.917 bits per heavy atom. The summed E-state index contributed by atoms with van der Waals surface area (Å²) in [5.74, 6) is 0.831. The SMILES string of the molecule is CC/C(=C(\C)C(C)(C)CC(C)CC(C(=O)C(CC)CC)C(C)(C)CC(C)(C)N)C(C)(CC)C(=O)[B]N. The van der Waals surface area contributed by atoms with Gasteiger partial charge in [0.2, 0.25) is 0 Å². The van der Waals surface area contributed by atoms with E-state index in [-0.39, 0.29) is 33.9 Å². The highest BCUT2D eigenvalue weighted by Gasteiger charge is 2.42. The predicted molar refractivity (Wildman–Crippen MR) is 158 cm³/mol. The molecule has 0 aliphatic rings. The summed E-state index contributed by atoms with van der Waals surface area (Å²) in [5.41, 5.74) is 13.4. The Balaban J connectivity index is 6.24. The maximum Gasteiger partial charge on any atom is 0.293 e. The standard InChI is InChI=1S/C31H60BN2O2/c1-14-23(15-2)26(35)25(29(9,10)20-30(11,12)33)18-21(5)19-28(7,8)22(6)24(16-3)31(13,17-4)27(36)32-34/h21,23,25H,14-20,33-34H2,1-13H3/b24-22-. The van der Waals surface area contributed by atoms with Crippen molar-refractivity contribution in [1.29, 1.82) is 0 Å². The summed E-state index contributed by atoms with van der Waals surface area (Å²) in [4.78, 5) is 26.6. The second-order valence-corrected chi connectivity index (χ2v) is 13.7. The van der Waals surface area contributed by atoms with E-state index < -0.39 is 5.41 Å². The molecule has 5 heteroatoms. The van der Waals surface area contributed by atoms with E-state index in [9.17, 15) is 9.59 Å². The molecule has 36 heavy (non-hydrogen) atoms. The fourth-order valence-corrected chi connectivity index (χ4v) is 6.80. The zero-order chi connectivity index (χ0) is 28.7. The molecule has 209 valence electrons. The predicted octanol–water partition coefficient (Wildman–Crippen LogP) is 7.45. The highest BCUT2D eigenvalue weighted by atomic mass is 16.1. The van der Waals surface area contributed by atoms with Crippen molar-refractivity contribution in [2.75, 3.05) is 0 Å². The van der Waals surface area contributed by atoms with Gasteiger partial charge in [-0.25, -0.2) is 0 Å². The number of Topliss-reactive ketones (excluding diaryl/α,β-unsaturated/α-hetero) is 1. The summed E-state index contributed by atoms with van der Waals surface area (Å²) in [6, 6.07) is 0. The summed E-state index contributed by atoms with van der Waals surface area (Å²) >= 11 is 0. The molecule has 0 rings (SSSR count). The largest absolute Gasteiger partial charge is 0.367 e. The Bertz CT molecular complexity index is 759. The van der Waals surface area contributed by atoms with Crippen LogP contribution < -0.4 is 11.4 Å². The molecule has 0 saturated heterocycles. The number of hydrogen-bond donors (Lipinski definition) is 2. The Kier molecular flexibility index (Phi) is 13.4.